The van der Waals surface area contributed by atoms with Gasteiger partial charge in [-0.2, -0.15) is 0 Å². The third-order valence-electron chi connectivity index (χ3n) is 2.71. The Balaban J connectivity index is 3.11. The molecule has 0 N–H and O–H groups in total. The molecular formula is C11H15Cl2N. The van der Waals surface area contributed by atoms with Crippen LogP contribution in [0.15, 0.2) is 30.3 Å². The van der Waals surface area contributed by atoms with E-state index in [1.165, 1.54) is 0 Å². The average Bonchev–Trinajstić information content (AvgIpc) is 2.22. The predicted octanol–water partition coefficient (Wildman–Crippen LogP) is 3.62. The van der Waals surface area contributed by atoms with E-state index < -0.39 is 0 Å². The van der Waals surface area contributed by atoms with E-state index in [9.17, 15) is 0 Å². The standard InChI is InChI=1S/C11H15Cl2N/c1-3-11(9-12,14(2)13)10-7-5-4-6-8-10/h4-8H,3,9H2,1-2H3. The fraction of sp³-hybridized carbons (Fsp3) is 0.455. The smallest absolute Gasteiger partial charge is 0.0739 e. The molecule has 0 amide bonds. The normalized spacial score (nSPS) is 15.5. The summed E-state index contributed by atoms with van der Waals surface area (Å²) in [4.78, 5) is 0. The summed E-state index contributed by atoms with van der Waals surface area (Å²) in [5.41, 5.74) is 0.902. The Kier molecular flexibility index (Phi) is 4.24. The number of halogens is 2. The molecule has 1 atom stereocenters. The number of nitrogens with zero attached hydrogens (tertiary/aromatic N) is 1. The lowest BCUT2D eigenvalue weighted by Crippen LogP contribution is -2.39. The molecule has 1 nitrogen and oxygen atoms in total. The zero-order chi connectivity index (χ0) is 10.6. The first-order chi connectivity index (χ1) is 6.67. The second kappa shape index (κ2) is 5.01. The molecule has 0 radical (unpaired) electrons. The van der Waals surface area contributed by atoms with E-state index in [-0.39, 0.29) is 5.54 Å². The number of benzene rings is 1. The van der Waals surface area contributed by atoms with Gasteiger partial charge in [-0.05, 0) is 23.8 Å². The van der Waals surface area contributed by atoms with Gasteiger partial charge in [0.05, 0.1) is 5.54 Å². The van der Waals surface area contributed by atoms with Gasteiger partial charge in [0.2, 0.25) is 0 Å². The van der Waals surface area contributed by atoms with Crippen LogP contribution in [0, 0.1) is 0 Å². The average molecular weight is 232 g/mol. The maximum atomic E-state index is 6.08. The van der Waals surface area contributed by atoms with Crippen molar-refractivity contribution >= 4 is 23.4 Å². The second-order valence-corrected chi connectivity index (χ2v) is 4.14. The maximum absolute atomic E-state index is 6.08. The molecule has 1 aromatic rings. The zero-order valence-electron chi connectivity index (χ0n) is 8.50. The van der Waals surface area contributed by atoms with Crippen molar-refractivity contribution in [3.63, 3.8) is 0 Å². The lowest BCUT2D eigenvalue weighted by molar-refractivity contribution is 0.250. The quantitative estimate of drug-likeness (QED) is 0.566. The number of hydrogen-bond acceptors (Lipinski definition) is 1. The summed E-state index contributed by atoms with van der Waals surface area (Å²) in [5, 5.41) is 0. The van der Waals surface area contributed by atoms with Gasteiger partial charge in [-0.1, -0.05) is 37.3 Å². The Morgan fingerprint density at radius 1 is 1.29 bits per heavy atom. The van der Waals surface area contributed by atoms with Crippen molar-refractivity contribution in [2.45, 2.75) is 18.9 Å². The van der Waals surface area contributed by atoms with Crippen molar-refractivity contribution in [2.75, 3.05) is 12.9 Å². The number of hydrogen-bond donors (Lipinski definition) is 0. The Morgan fingerprint density at radius 2 is 1.86 bits per heavy atom. The fourth-order valence-electron chi connectivity index (χ4n) is 1.60. The molecule has 0 saturated heterocycles. The minimum absolute atomic E-state index is 0.260. The van der Waals surface area contributed by atoms with Gasteiger partial charge in [-0.15, -0.1) is 11.6 Å². The molecule has 0 aromatic heterocycles. The Bertz CT molecular complexity index is 268. The molecule has 0 aliphatic rings. The van der Waals surface area contributed by atoms with E-state index in [2.05, 4.69) is 19.1 Å². The number of alkyl halides is 1. The summed E-state index contributed by atoms with van der Waals surface area (Å²) in [6.07, 6.45) is 0.889. The molecule has 0 heterocycles. The van der Waals surface area contributed by atoms with Gasteiger partial charge in [0.15, 0.2) is 0 Å². The monoisotopic (exact) mass is 231 g/mol. The first-order valence-corrected chi connectivity index (χ1v) is 5.55. The molecule has 1 unspecified atom stereocenters. The van der Waals surface area contributed by atoms with Crippen molar-refractivity contribution in [1.29, 1.82) is 0 Å². The molecule has 0 fully saturated rings. The predicted molar refractivity (Wildman–Crippen MR) is 62.7 cm³/mol. The van der Waals surface area contributed by atoms with Gasteiger partial charge < -0.3 is 0 Å². The first kappa shape index (κ1) is 11.8. The van der Waals surface area contributed by atoms with Crippen LogP contribution in [0.25, 0.3) is 0 Å². The summed E-state index contributed by atoms with van der Waals surface area (Å²) in [6, 6.07) is 10.1. The molecule has 1 aromatic carbocycles. The van der Waals surface area contributed by atoms with E-state index in [0.717, 1.165) is 12.0 Å². The van der Waals surface area contributed by atoms with E-state index in [0.29, 0.717) is 5.88 Å². The van der Waals surface area contributed by atoms with Crippen LogP contribution in [0.3, 0.4) is 0 Å². The van der Waals surface area contributed by atoms with Crippen molar-refractivity contribution in [3.8, 4) is 0 Å². The molecule has 0 aliphatic carbocycles. The number of rotatable bonds is 4. The lowest BCUT2D eigenvalue weighted by atomic mass is 9.89. The van der Waals surface area contributed by atoms with Gasteiger partial charge in [0.1, 0.15) is 0 Å². The zero-order valence-corrected chi connectivity index (χ0v) is 10.0. The first-order valence-electron chi connectivity index (χ1n) is 4.68. The fourth-order valence-corrected chi connectivity index (χ4v) is 2.46. The van der Waals surface area contributed by atoms with Crippen LogP contribution < -0.4 is 0 Å². The van der Waals surface area contributed by atoms with Crippen LogP contribution in [0.5, 0.6) is 0 Å². The third-order valence-corrected chi connectivity index (χ3v) is 3.47. The van der Waals surface area contributed by atoms with Crippen LogP contribution >= 0.6 is 23.4 Å². The molecule has 1 rings (SSSR count). The molecule has 14 heavy (non-hydrogen) atoms. The highest BCUT2D eigenvalue weighted by Crippen LogP contribution is 2.33. The highest BCUT2D eigenvalue weighted by atomic mass is 35.5. The highest BCUT2D eigenvalue weighted by Gasteiger charge is 2.33. The summed E-state index contributed by atoms with van der Waals surface area (Å²) in [6.45, 7) is 2.09. The summed E-state index contributed by atoms with van der Waals surface area (Å²) >= 11 is 12.1. The molecular weight excluding hydrogens is 217 g/mol. The molecule has 78 valence electrons. The summed E-state index contributed by atoms with van der Waals surface area (Å²) < 4.78 is 1.68. The summed E-state index contributed by atoms with van der Waals surface area (Å²) in [5.74, 6) is 0.494. The van der Waals surface area contributed by atoms with Gasteiger partial charge in [-0.25, -0.2) is 4.42 Å². The van der Waals surface area contributed by atoms with Crippen molar-refractivity contribution in [1.82, 2.24) is 4.42 Å². The van der Waals surface area contributed by atoms with Crippen molar-refractivity contribution in [2.24, 2.45) is 0 Å². The second-order valence-electron chi connectivity index (χ2n) is 3.36. The van der Waals surface area contributed by atoms with Crippen LogP contribution in [0.1, 0.15) is 18.9 Å². The van der Waals surface area contributed by atoms with Gasteiger partial charge in [-0.3, -0.25) is 0 Å². The lowest BCUT2D eigenvalue weighted by Gasteiger charge is -2.35. The molecule has 0 aliphatic heterocycles. The minimum atomic E-state index is -0.260. The Hall–Kier alpha value is -0.240. The van der Waals surface area contributed by atoms with E-state index in [4.69, 9.17) is 23.4 Å². The minimum Gasteiger partial charge on any atom is -0.211 e. The topological polar surface area (TPSA) is 3.24 Å². The van der Waals surface area contributed by atoms with Crippen molar-refractivity contribution < 1.29 is 0 Å². The molecule has 0 spiro atoms. The Morgan fingerprint density at radius 3 is 2.21 bits per heavy atom. The molecule has 3 heteroatoms. The summed E-state index contributed by atoms with van der Waals surface area (Å²) in [7, 11) is 1.85. The largest absolute Gasteiger partial charge is 0.211 e. The molecule has 0 saturated carbocycles. The van der Waals surface area contributed by atoms with E-state index in [1.807, 2.05) is 25.2 Å². The SMILES string of the molecule is CCC(CCl)(c1ccccc1)N(C)Cl. The van der Waals surface area contributed by atoms with Crippen LogP contribution in [0.4, 0.5) is 0 Å². The third kappa shape index (κ3) is 2.05. The van der Waals surface area contributed by atoms with Crippen LogP contribution in [0.2, 0.25) is 0 Å². The van der Waals surface area contributed by atoms with Gasteiger partial charge in [0, 0.05) is 12.9 Å². The van der Waals surface area contributed by atoms with E-state index in [1.54, 1.807) is 4.42 Å². The highest BCUT2D eigenvalue weighted by molar-refractivity contribution is 6.20. The Labute approximate surface area is 95.7 Å². The maximum Gasteiger partial charge on any atom is 0.0739 e. The van der Waals surface area contributed by atoms with Gasteiger partial charge >= 0.3 is 0 Å². The molecule has 0 bridgehead atoms. The van der Waals surface area contributed by atoms with Crippen LogP contribution in [-0.2, 0) is 5.54 Å². The van der Waals surface area contributed by atoms with Gasteiger partial charge in [0.25, 0.3) is 0 Å². The van der Waals surface area contributed by atoms with Crippen molar-refractivity contribution in [3.05, 3.63) is 35.9 Å². The van der Waals surface area contributed by atoms with Crippen LogP contribution in [-0.4, -0.2) is 17.3 Å². The van der Waals surface area contributed by atoms with E-state index >= 15 is 0 Å².